The average Bonchev–Trinajstić information content (AvgIpc) is 2.92. The molecule has 3 heteroatoms. The highest BCUT2D eigenvalue weighted by Crippen LogP contribution is 2.32. The van der Waals surface area contributed by atoms with Crippen LogP contribution in [0.4, 0.5) is 0 Å². The van der Waals surface area contributed by atoms with E-state index in [1.165, 1.54) is 0 Å². The van der Waals surface area contributed by atoms with Gasteiger partial charge in [-0.3, -0.25) is 0 Å². The van der Waals surface area contributed by atoms with E-state index in [1.54, 1.807) is 7.11 Å². The van der Waals surface area contributed by atoms with Gasteiger partial charge in [-0.15, -0.1) is 0 Å². The summed E-state index contributed by atoms with van der Waals surface area (Å²) in [6, 6.07) is 14.1. The van der Waals surface area contributed by atoms with Crippen molar-refractivity contribution < 1.29 is 9.15 Å². The van der Waals surface area contributed by atoms with Crippen LogP contribution in [0.15, 0.2) is 46.9 Å². The number of hydrogen-bond donors (Lipinski definition) is 1. The lowest BCUT2D eigenvalue weighted by atomic mass is 10.1. The number of rotatable bonds is 3. The summed E-state index contributed by atoms with van der Waals surface area (Å²) in [6.07, 6.45) is 0. The van der Waals surface area contributed by atoms with Gasteiger partial charge in [-0.05, 0) is 36.8 Å². The second kappa shape index (κ2) is 5.02. The smallest absolute Gasteiger partial charge is 0.137 e. The summed E-state index contributed by atoms with van der Waals surface area (Å²) in [4.78, 5) is 0. The summed E-state index contributed by atoms with van der Waals surface area (Å²) < 4.78 is 11.3. The molecule has 0 fully saturated rings. The van der Waals surface area contributed by atoms with Crippen molar-refractivity contribution in [2.75, 3.05) is 7.11 Å². The Morgan fingerprint density at radius 1 is 1.15 bits per heavy atom. The highest BCUT2D eigenvalue weighted by Gasteiger charge is 2.10. The van der Waals surface area contributed by atoms with Crippen LogP contribution in [0.2, 0.25) is 0 Å². The number of fused-ring (bicyclic) bond motifs is 1. The number of methoxy groups -OCH3 is 1. The third-order valence-corrected chi connectivity index (χ3v) is 3.53. The molecule has 0 saturated heterocycles. The lowest BCUT2D eigenvalue weighted by molar-refractivity contribution is 0.410. The van der Waals surface area contributed by atoms with E-state index in [0.717, 1.165) is 39.2 Å². The highest BCUT2D eigenvalue weighted by molar-refractivity contribution is 5.85. The Balaban J connectivity index is 2.13. The second-order valence-electron chi connectivity index (χ2n) is 4.83. The molecule has 0 spiro atoms. The van der Waals surface area contributed by atoms with Gasteiger partial charge in [-0.25, -0.2) is 0 Å². The Labute approximate surface area is 118 Å². The van der Waals surface area contributed by atoms with Gasteiger partial charge in [-0.2, -0.15) is 0 Å². The van der Waals surface area contributed by atoms with Crippen molar-refractivity contribution in [1.29, 1.82) is 0 Å². The topological polar surface area (TPSA) is 48.4 Å². The molecular weight excluding hydrogens is 250 g/mol. The van der Waals surface area contributed by atoms with E-state index in [9.17, 15) is 0 Å². The first-order valence-electron chi connectivity index (χ1n) is 6.59. The molecule has 0 aliphatic carbocycles. The summed E-state index contributed by atoms with van der Waals surface area (Å²) in [6.45, 7) is 2.49. The fourth-order valence-electron chi connectivity index (χ4n) is 2.44. The number of benzene rings is 2. The quantitative estimate of drug-likeness (QED) is 0.783. The number of hydrogen-bond acceptors (Lipinski definition) is 3. The Kier molecular flexibility index (Phi) is 3.20. The first-order valence-corrected chi connectivity index (χ1v) is 6.59. The van der Waals surface area contributed by atoms with Crippen LogP contribution in [0.1, 0.15) is 11.1 Å². The molecule has 0 saturated carbocycles. The largest absolute Gasteiger partial charge is 0.496 e. The molecule has 1 heterocycles. The molecule has 0 amide bonds. The van der Waals surface area contributed by atoms with Crippen molar-refractivity contribution in [3.8, 4) is 17.1 Å². The molecule has 0 bridgehead atoms. The Hall–Kier alpha value is -2.26. The van der Waals surface area contributed by atoms with Crippen molar-refractivity contribution in [1.82, 2.24) is 0 Å². The van der Waals surface area contributed by atoms with Gasteiger partial charge in [0.1, 0.15) is 17.1 Å². The molecule has 2 N–H and O–H groups in total. The van der Waals surface area contributed by atoms with Crippen LogP contribution >= 0.6 is 0 Å². The molecule has 1 aromatic heterocycles. The molecule has 2 aromatic carbocycles. The number of para-hydroxylation sites is 1. The molecule has 0 atom stereocenters. The standard InChI is InChI=1S/C17H17NO2/c1-11-4-3-5-13-9-16(20-17(11)13)12-6-7-15(19-2)14(8-12)10-18/h3-9H,10,18H2,1-2H3. The summed E-state index contributed by atoms with van der Waals surface area (Å²) in [5.41, 5.74) is 9.83. The zero-order chi connectivity index (χ0) is 14.1. The predicted molar refractivity (Wildman–Crippen MR) is 80.8 cm³/mol. The summed E-state index contributed by atoms with van der Waals surface area (Å²) in [5.74, 6) is 1.66. The first kappa shape index (κ1) is 12.8. The van der Waals surface area contributed by atoms with E-state index in [2.05, 4.69) is 25.1 Å². The minimum absolute atomic E-state index is 0.441. The van der Waals surface area contributed by atoms with Gasteiger partial charge < -0.3 is 14.9 Å². The van der Waals surface area contributed by atoms with E-state index >= 15 is 0 Å². The van der Waals surface area contributed by atoms with Crippen molar-refractivity contribution in [3.05, 3.63) is 53.6 Å². The Bertz CT molecular complexity index is 759. The van der Waals surface area contributed by atoms with Crippen molar-refractivity contribution in [2.24, 2.45) is 5.73 Å². The summed E-state index contributed by atoms with van der Waals surface area (Å²) in [7, 11) is 1.65. The summed E-state index contributed by atoms with van der Waals surface area (Å²) >= 11 is 0. The van der Waals surface area contributed by atoms with Crippen LogP contribution in [-0.2, 0) is 6.54 Å². The molecular formula is C17H17NO2. The van der Waals surface area contributed by atoms with Gasteiger partial charge in [0.25, 0.3) is 0 Å². The molecule has 0 aliphatic rings. The zero-order valence-electron chi connectivity index (χ0n) is 11.6. The maximum atomic E-state index is 5.98. The van der Waals surface area contributed by atoms with E-state index in [4.69, 9.17) is 14.9 Å². The minimum Gasteiger partial charge on any atom is -0.496 e. The van der Waals surface area contributed by atoms with Crippen LogP contribution in [0.3, 0.4) is 0 Å². The predicted octanol–water partition coefficient (Wildman–Crippen LogP) is 3.88. The van der Waals surface area contributed by atoms with E-state index in [-0.39, 0.29) is 0 Å². The number of ether oxygens (including phenoxy) is 1. The minimum atomic E-state index is 0.441. The highest BCUT2D eigenvalue weighted by atomic mass is 16.5. The second-order valence-corrected chi connectivity index (χ2v) is 4.83. The van der Waals surface area contributed by atoms with Crippen molar-refractivity contribution in [2.45, 2.75) is 13.5 Å². The molecule has 0 aliphatic heterocycles. The van der Waals surface area contributed by atoms with Gasteiger partial charge >= 0.3 is 0 Å². The summed E-state index contributed by atoms with van der Waals surface area (Å²) in [5, 5.41) is 1.12. The van der Waals surface area contributed by atoms with Gasteiger partial charge in [-0.1, -0.05) is 18.2 Å². The van der Waals surface area contributed by atoms with E-state index < -0.39 is 0 Å². The third kappa shape index (κ3) is 2.06. The maximum absolute atomic E-state index is 5.98. The SMILES string of the molecule is COc1ccc(-c2cc3cccc(C)c3o2)cc1CN. The van der Waals surface area contributed by atoms with Crippen LogP contribution < -0.4 is 10.5 Å². The van der Waals surface area contributed by atoms with Crippen molar-refractivity contribution in [3.63, 3.8) is 0 Å². The fraction of sp³-hybridized carbons (Fsp3) is 0.176. The van der Waals surface area contributed by atoms with Gasteiger partial charge in [0.15, 0.2) is 0 Å². The first-order chi connectivity index (χ1) is 9.72. The molecule has 20 heavy (non-hydrogen) atoms. The molecule has 3 rings (SSSR count). The van der Waals surface area contributed by atoms with Crippen LogP contribution in [0, 0.1) is 6.92 Å². The lowest BCUT2D eigenvalue weighted by Gasteiger charge is -2.07. The normalized spacial score (nSPS) is 10.9. The molecule has 102 valence electrons. The maximum Gasteiger partial charge on any atom is 0.137 e. The van der Waals surface area contributed by atoms with Crippen LogP contribution in [0.25, 0.3) is 22.3 Å². The monoisotopic (exact) mass is 267 g/mol. The van der Waals surface area contributed by atoms with Gasteiger partial charge in [0.2, 0.25) is 0 Å². The Morgan fingerprint density at radius 3 is 2.70 bits per heavy atom. The Morgan fingerprint density at radius 2 is 2.00 bits per heavy atom. The van der Waals surface area contributed by atoms with Crippen LogP contribution in [-0.4, -0.2) is 7.11 Å². The third-order valence-electron chi connectivity index (χ3n) is 3.53. The molecule has 3 aromatic rings. The zero-order valence-corrected chi connectivity index (χ0v) is 11.6. The molecule has 0 unspecified atom stereocenters. The van der Waals surface area contributed by atoms with Gasteiger partial charge in [0, 0.05) is 23.1 Å². The van der Waals surface area contributed by atoms with Gasteiger partial charge in [0.05, 0.1) is 7.11 Å². The van der Waals surface area contributed by atoms with Crippen molar-refractivity contribution >= 4 is 11.0 Å². The lowest BCUT2D eigenvalue weighted by Crippen LogP contribution is -1.99. The number of aryl methyl sites for hydroxylation is 1. The number of nitrogens with two attached hydrogens (primary N) is 1. The average molecular weight is 267 g/mol. The molecule has 3 nitrogen and oxygen atoms in total. The van der Waals surface area contributed by atoms with E-state index in [1.807, 2.05) is 24.3 Å². The fourth-order valence-corrected chi connectivity index (χ4v) is 2.44. The molecule has 0 radical (unpaired) electrons. The van der Waals surface area contributed by atoms with E-state index in [0.29, 0.717) is 6.54 Å². The number of furan rings is 1. The van der Waals surface area contributed by atoms with Crippen LogP contribution in [0.5, 0.6) is 5.75 Å².